The molecule has 0 aliphatic rings. The smallest absolute Gasteiger partial charge is 0.329 e. The molecule has 5 nitrogen and oxygen atoms in total. The highest BCUT2D eigenvalue weighted by molar-refractivity contribution is 5.68. The second-order valence-electron chi connectivity index (χ2n) is 4.55. The quantitative estimate of drug-likeness (QED) is 0.848. The Balaban J connectivity index is 1.88. The molecule has 1 atom stereocenters. The summed E-state index contributed by atoms with van der Waals surface area (Å²) in [5, 5.41) is 8.57. The van der Waals surface area contributed by atoms with Crippen molar-refractivity contribution in [2.24, 2.45) is 0 Å². The van der Waals surface area contributed by atoms with Crippen LogP contribution in [0, 0.1) is 0 Å². The van der Waals surface area contributed by atoms with Crippen LogP contribution in [0.25, 0.3) is 0 Å². The zero-order valence-corrected chi connectivity index (χ0v) is 11.7. The first-order valence-corrected chi connectivity index (χ1v) is 6.61. The van der Waals surface area contributed by atoms with E-state index in [0.717, 1.165) is 11.1 Å². The summed E-state index contributed by atoms with van der Waals surface area (Å²) in [4.78, 5) is 14.6. The van der Waals surface area contributed by atoms with Crippen molar-refractivity contribution >= 4 is 5.97 Å². The molecule has 0 amide bonds. The van der Waals surface area contributed by atoms with Crippen LogP contribution in [-0.4, -0.2) is 22.7 Å². The molecule has 2 rings (SSSR count). The van der Waals surface area contributed by atoms with Crippen molar-refractivity contribution in [3.8, 4) is 5.88 Å². The van der Waals surface area contributed by atoms with E-state index in [2.05, 4.69) is 4.98 Å². The van der Waals surface area contributed by atoms with E-state index in [-0.39, 0.29) is 12.7 Å². The zero-order chi connectivity index (χ0) is 15.1. The third-order valence-corrected chi connectivity index (χ3v) is 2.91. The number of benzene rings is 1. The van der Waals surface area contributed by atoms with Gasteiger partial charge >= 0.3 is 5.97 Å². The maximum atomic E-state index is 10.4. The van der Waals surface area contributed by atoms with Crippen LogP contribution in [0.5, 0.6) is 5.88 Å². The Hall–Kier alpha value is -2.40. The van der Waals surface area contributed by atoms with Crippen molar-refractivity contribution in [2.45, 2.75) is 19.6 Å². The number of carboxylic acid groups (broad SMARTS) is 1. The van der Waals surface area contributed by atoms with E-state index in [1.807, 2.05) is 36.4 Å². The lowest BCUT2D eigenvalue weighted by Gasteiger charge is -2.12. The molecule has 0 fully saturated rings. The second kappa shape index (κ2) is 7.40. The van der Waals surface area contributed by atoms with Gasteiger partial charge in [0.1, 0.15) is 13.2 Å². The van der Waals surface area contributed by atoms with Gasteiger partial charge in [-0.15, -0.1) is 0 Å². The number of pyridine rings is 1. The zero-order valence-electron chi connectivity index (χ0n) is 11.7. The molecule has 1 aromatic carbocycles. The van der Waals surface area contributed by atoms with Gasteiger partial charge in [0.15, 0.2) is 0 Å². The maximum absolute atomic E-state index is 10.4. The van der Waals surface area contributed by atoms with E-state index >= 15 is 0 Å². The lowest BCUT2D eigenvalue weighted by atomic mass is 10.2. The maximum Gasteiger partial charge on any atom is 0.329 e. The minimum Gasteiger partial charge on any atom is -0.480 e. The summed E-state index contributed by atoms with van der Waals surface area (Å²) < 4.78 is 10.8. The van der Waals surface area contributed by atoms with Gasteiger partial charge < -0.3 is 14.6 Å². The molecule has 1 unspecified atom stereocenters. The van der Waals surface area contributed by atoms with Gasteiger partial charge in [0, 0.05) is 12.3 Å². The Morgan fingerprint density at radius 3 is 2.62 bits per heavy atom. The molecule has 0 spiro atoms. The van der Waals surface area contributed by atoms with Gasteiger partial charge in [-0.1, -0.05) is 30.3 Å². The lowest BCUT2D eigenvalue weighted by Crippen LogP contribution is -2.10. The summed E-state index contributed by atoms with van der Waals surface area (Å²) in [5.74, 6) is -0.467. The third kappa shape index (κ3) is 4.89. The average Bonchev–Trinajstić information content (AvgIpc) is 2.52. The molecule has 1 N–H and O–H groups in total. The number of carbonyl (C=O) groups is 1. The first-order chi connectivity index (χ1) is 10.1. The summed E-state index contributed by atoms with van der Waals surface area (Å²) in [7, 11) is 0. The Morgan fingerprint density at radius 2 is 2.00 bits per heavy atom. The lowest BCUT2D eigenvalue weighted by molar-refractivity contribution is -0.144. The first kappa shape index (κ1) is 15.0. The van der Waals surface area contributed by atoms with Gasteiger partial charge in [0.05, 0.1) is 6.10 Å². The van der Waals surface area contributed by atoms with Gasteiger partial charge in [-0.25, -0.2) is 9.78 Å². The van der Waals surface area contributed by atoms with Gasteiger partial charge in [-0.3, -0.25) is 0 Å². The monoisotopic (exact) mass is 287 g/mol. The number of hydrogen-bond acceptors (Lipinski definition) is 4. The normalized spacial score (nSPS) is 11.9. The van der Waals surface area contributed by atoms with E-state index in [0.29, 0.717) is 12.5 Å². The van der Waals surface area contributed by atoms with Crippen LogP contribution in [0.3, 0.4) is 0 Å². The Kier molecular flexibility index (Phi) is 5.29. The summed E-state index contributed by atoms with van der Waals surface area (Å²) in [5.41, 5.74) is 1.88. The van der Waals surface area contributed by atoms with Crippen LogP contribution in [-0.2, 0) is 16.1 Å². The van der Waals surface area contributed by atoms with Crippen LogP contribution >= 0.6 is 0 Å². The molecule has 0 aliphatic heterocycles. The SMILES string of the molecule is CC(OCC(=O)O)c1ccc(OCc2ccccc2)nc1. The number of nitrogens with zero attached hydrogens (tertiary/aromatic N) is 1. The van der Waals surface area contributed by atoms with Crippen LogP contribution in [0.15, 0.2) is 48.7 Å². The number of aromatic nitrogens is 1. The predicted octanol–water partition coefficient (Wildman–Crippen LogP) is 2.82. The number of carboxylic acids is 1. The highest BCUT2D eigenvalue weighted by Crippen LogP contribution is 2.18. The van der Waals surface area contributed by atoms with E-state index in [1.165, 1.54) is 0 Å². The van der Waals surface area contributed by atoms with Crippen molar-refractivity contribution in [2.75, 3.05) is 6.61 Å². The van der Waals surface area contributed by atoms with Crippen molar-refractivity contribution < 1.29 is 19.4 Å². The van der Waals surface area contributed by atoms with Gasteiger partial charge in [0.25, 0.3) is 0 Å². The Morgan fingerprint density at radius 1 is 1.24 bits per heavy atom. The standard InChI is InChI=1S/C16H17NO4/c1-12(20-11-16(18)19)14-7-8-15(17-9-14)21-10-13-5-3-2-4-6-13/h2-9,12H,10-11H2,1H3,(H,18,19). The van der Waals surface area contributed by atoms with E-state index < -0.39 is 5.97 Å². The minimum atomic E-state index is -0.988. The molecule has 0 saturated heterocycles. The van der Waals surface area contributed by atoms with Crippen molar-refractivity contribution in [3.63, 3.8) is 0 Å². The summed E-state index contributed by atoms with van der Waals surface area (Å²) in [6.45, 7) is 1.91. The molecule has 0 aliphatic carbocycles. The van der Waals surface area contributed by atoms with Crippen molar-refractivity contribution in [1.29, 1.82) is 0 Å². The van der Waals surface area contributed by atoms with E-state index in [4.69, 9.17) is 14.6 Å². The van der Waals surface area contributed by atoms with Gasteiger partial charge in [-0.2, -0.15) is 0 Å². The molecule has 0 radical (unpaired) electrons. The van der Waals surface area contributed by atoms with Crippen LogP contribution in [0.4, 0.5) is 0 Å². The molecule has 2 aromatic rings. The molecule has 1 heterocycles. The number of ether oxygens (including phenoxy) is 2. The number of rotatable bonds is 7. The van der Waals surface area contributed by atoms with Crippen LogP contribution in [0.1, 0.15) is 24.2 Å². The fourth-order valence-electron chi connectivity index (χ4n) is 1.74. The van der Waals surface area contributed by atoms with Crippen molar-refractivity contribution in [3.05, 3.63) is 59.8 Å². The number of aliphatic carboxylic acids is 1. The minimum absolute atomic E-state index is 0.322. The van der Waals surface area contributed by atoms with Crippen molar-refractivity contribution in [1.82, 2.24) is 4.98 Å². The molecule has 0 saturated carbocycles. The molecular weight excluding hydrogens is 270 g/mol. The topological polar surface area (TPSA) is 68.7 Å². The predicted molar refractivity (Wildman–Crippen MR) is 77.0 cm³/mol. The highest BCUT2D eigenvalue weighted by Gasteiger charge is 2.09. The molecule has 5 heteroatoms. The Bertz CT molecular complexity index is 569. The van der Waals surface area contributed by atoms with E-state index in [9.17, 15) is 4.79 Å². The summed E-state index contributed by atoms with van der Waals surface area (Å²) in [6.07, 6.45) is 1.31. The molecule has 21 heavy (non-hydrogen) atoms. The summed E-state index contributed by atoms with van der Waals surface area (Å²) in [6, 6.07) is 13.4. The fraction of sp³-hybridized carbons (Fsp3) is 0.250. The molecule has 0 bridgehead atoms. The highest BCUT2D eigenvalue weighted by atomic mass is 16.5. The number of hydrogen-bond donors (Lipinski definition) is 1. The largest absolute Gasteiger partial charge is 0.480 e. The molecule has 110 valence electrons. The molecular formula is C16H17NO4. The third-order valence-electron chi connectivity index (χ3n) is 2.91. The summed E-state index contributed by atoms with van der Waals surface area (Å²) >= 11 is 0. The average molecular weight is 287 g/mol. The van der Waals surface area contributed by atoms with Gasteiger partial charge in [0.2, 0.25) is 5.88 Å². The second-order valence-corrected chi connectivity index (χ2v) is 4.55. The molecule has 1 aromatic heterocycles. The van der Waals surface area contributed by atoms with Crippen LogP contribution < -0.4 is 4.74 Å². The van der Waals surface area contributed by atoms with E-state index in [1.54, 1.807) is 19.2 Å². The first-order valence-electron chi connectivity index (χ1n) is 6.61. The van der Waals surface area contributed by atoms with Gasteiger partial charge in [-0.05, 0) is 24.1 Å². The van der Waals surface area contributed by atoms with Crippen LogP contribution in [0.2, 0.25) is 0 Å². The fourth-order valence-corrected chi connectivity index (χ4v) is 1.74. The Labute approximate surface area is 123 Å².